The normalized spacial score (nSPS) is 13.9. The first kappa shape index (κ1) is 25.7. The van der Waals surface area contributed by atoms with Crippen LogP contribution in [0.25, 0.3) is 11.1 Å². The van der Waals surface area contributed by atoms with E-state index in [0.717, 1.165) is 22.7 Å². The quantitative estimate of drug-likeness (QED) is 0.202. The second-order valence-corrected chi connectivity index (χ2v) is 9.58. The summed E-state index contributed by atoms with van der Waals surface area (Å²) in [6, 6.07) is 29.8. The van der Waals surface area contributed by atoms with Gasteiger partial charge in [-0.15, -0.1) is 35.1 Å². The predicted molar refractivity (Wildman–Crippen MR) is 153 cm³/mol. The van der Waals surface area contributed by atoms with Crippen LogP contribution < -0.4 is 19.6 Å². The van der Waals surface area contributed by atoms with Gasteiger partial charge in [0.1, 0.15) is 0 Å². The molecule has 2 aliphatic rings. The Hall–Kier alpha value is -2.94. The molecule has 0 unspecified atom stereocenters. The molecule has 0 aromatic heterocycles. The summed E-state index contributed by atoms with van der Waals surface area (Å²) >= 11 is 1.61. The van der Waals surface area contributed by atoms with Crippen LogP contribution in [-0.2, 0) is 18.8 Å². The number of nitrogens with zero attached hydrogens (tertiary/aromatic N) is 4. The van der Waals surface area contributed by atoms with E-state index in [9.17, 15) is 0 Å². The van der Waals surface area contributed by atoms with Crippen LogP contribution in [0.4, 0.5) is 34.1 Å². The zero-order valence-electron chi connectivity index (χ0n) is 21.6. The SMILES string of the molecule is Cc1cc(C)c(-c2cc(N3[CH-]N(C)c4ccccc43)[c-]c(N3[CH-]N(C)c4ccccc43)c2)c(C)c1.[Cl][Pt]. The van der Waals surface area contributed by atoms with Gasteiger partial charge in [-0.1, -0.05) is 42.0 Å². The van der Waals surface area contributed by atoms with Crippen LogP contribution in [0, 0.1) is 40.2 Å². The molecule has 0 saturated carbocycles. The first-order valence-corrected chi connectivity index (χ1v) is 14.9. The molecule has 0 fully saturated rings. The Morgan fingerprint density at radius 2 is 1.05 bits per heavy atom. The topological polar surface area (TPSA) is 13.0 Å². The minimum absolute atomic E-state index is 1.02. The summed E-state index contributed by atoms with van der Waals surface area (Å²) in [7, 11) is 8.80. The molecule has 0 atom stereocenters. The molecular weight excluding hydrogens is 659 g/mol. The number of para-hydroxylation sites is 4. The van der Waals surface area contributed by atoms with Gasteiger partial charge in [-0.2, -0.15) is 13.3 Å². The number of hydrogen-bond donors (Lipinski definition) is 0. The molecule has 0 aliphatic carbocycles. The van der Waals surface area contributed by atoms with E-state index in [0.29, 0.717) is 0 Å². The third kappa shape index (κ3) is 4.62. The van der Waals surface area contributed by atoms with Gasteiger partial charge in [0, 0.05) is 22.7 Å². The molecule has 2 heterocycles. The third-order valence-electron chi connectivity index (χ3n) is 6.95. The molecule has 6 rings (SSSR count). The molecule has 0 spiro atoms. The second kappa shape index (κ2) is 10.4. The van der Waals surface area contributed by atoms with Crippen LogP contribution >= 0.6 is 9.42 Å². The summed E-state index contributed by atoms with van der Waals surface area (Å²) in [5.41, 5.74) is 13.1. The Morgan fingerprint density at radius 1 is 0.649 bits per heavy atom. The van der Waals surface area contributed by atoms with E-state index in [1.54, 1.807) is 18.8 Å². The fraction of sp³-hybridized carbons (Fsp3) is 0.161. The molecular formula is C31H29ClN4Pt-3. The van der Waals surface area contributed by atoms with Crippen LogP contribution in [0.1, 0.15) is 16.7 Å². The average Bonchev–Trinajstić information content (AvgIpc) is 3.42. The number of anilines is 6. The number of hydrogen-bond acceptors (Lipinski definition) is 4. The van der Waals surface area contributed by atoms with E-state index >= 15 is 0 Å². The monoisotopic (exact) mass is 687 g/mol. The standard InChI is InChI=1S/C31H29N4.ClH.Pt/c1-21-14-22(2)31(23(3)15-21)24-16-25(34-19-32(4)27-10-6-8-12-29(27)34)18-26(17-24)35-20-33(5)28-11-7-9-13-30(28)35;;/h6-17,19-20H,1-5H3;1H;/q-3;;+1/p-1. The van der Waals surface area contributed by atoms with Crippen molar-refractivity contribution < 1.29 is 18.8 Å². The molecule has 0 saturated heterocycles. The summed E-state index contributed by atoms with van der Waals surface area (Å²) in [4.78, 5) is 8.83. The fourth-order valence-electron chi connectivity index (χ4n) is 5.49. The van der Waals surface area contributed by atoms with Crippen molar-refractivity contribution in [2.75, 3.05) is 33.7 Å². The van der Waals surface area contributed by atoms with Crippen molar-refractivity contribution in [3.63, 3.8) is 0 Å². The molecule has 0 bridgehead atoms. The van der Waals surface area contributed by atoms with Gasteiger partial charge in [-0.05, 0) is 75.8 Å². The number of benzene rings is 4. The molecule has 0 radical (unpaired) electrons. The van der Waals surface area contributed by atoms with Crippen molar-refractivity contribution in [2.24, 2.45) is 0 Å². The number of fused-ring (bicyclic) bond motifs is 2. The summed E-state index contributed by atoms with van der Waals surface area (Å²) in [5, 5.41) is 0. The predicted octanol–water partition coefficient (Wildman–Crippen LogP) is 8.18. The molecule has 37 heavy (non-hydrogen) atoms. The Morgan fingerprint density at radius 3 is 1.49 bits per heavy atom. The minimum atomic E-state index is 1.02. The van der Waals surface area contributed by atoms with E-state index < -0.39 is 0 Å². The van der Waals surface area contributed by atoms with E-state index in [1.807, 2.05) is 0 Å². The molecule has 6 heteroatoms. The van der Waals surface area contributed by atoms with Crippen molar-refractivity contribution in [3.05, 3.63) is 109 Å². The average molecular weight is 688 g/mol. The summed E-state index contributed by atoms with van der Waals surface area (Å²) in [6.45, 7) is 10.9. The Balaban J connectivity index is 0.00000137. The van der Waals surface area contributed by atoms with Gasteiger partial charge in [-0.3, -0.25) is 0 Å². The van der Waals surface area contributed by atoms with E-state index in [1.165, 1.54) is 39.2 Å². The maximum absolute atomic E-state index is 4.61. The van der Waals surface area contributed by atoms with Crippen LogP contribution in [0.3, 0.4) is 0 Å². The summed E-state index contributed by atoms with van der Waals surface area (Å²) < 4.78 is 0. The number of rotatable bonds is 3. The molecule has 2 aliphatic heterocycles. The van der Waals surface area contributed by atoms with Gasteiger partial charge in [0.25, 0.3) is 0 Å². The zero-order chi connectivity index (χ0) is 26.3. The Bertz CT molecular complexity index is 1350. The first-order chi connectivity index (χ1) is 17.9. The van der Waals surface area contributed by atoms with E-state index in [-0.39, 0.29) is 0 Å². The Labute approximate surface area is 235 Å². The van der Waals surface area contributed by atoms with Crippen LogP contribution in [0.2, 0.25) is 0 Å². The molecule has 0 amide bonds. The Kier molecular flexibility index (Phi) is 7.25. The van der Waals surface area contributed by atoms with Crippen molar-refractivity contribution in [2.45, 2.75) is 20.8 Å². The van der Waals surface area contributed by atoms with Gasteiger partial charge < -0.3 is 19.6 Å². The van der Waals surface area contributed by atoms with Gasteiger partial charge in [-0.25, -0.2) is 0 Å². The van der Waals surface area contributed by atoms with Crippen LogP contribution in [0.5, 0.6) is 0 Å². The fourth-order valence-corrected chi connectivity index (χ4v) is 5.49. The van der Waals surface area contributed by atoms with Crippen molar-refractivity contribution >= 4 is 43.5 Å². The summed E-state index contributed by atoms with van der Waals surface area (Å²) in [6.07, 6.45) is 0. The molecule has 4 aromatic rings. The van der Waals surface area contributed by atoms with Gasteiger partial charge in [0.05, 0.1) is 0 Å². The van der Waals surface area contributed by atoms with Crippen molar-refractivity contribution in [3.8, 4) is 11.1 Å². The van der Waals surface area contributed by atoms with Gasteiger partial charge in [0.2, 0.25) is 0 Å². The maximum atomic E-state index is 4.61. The number of halogens is 1. The molecule has 0 N–H and O–H groups in total. The van der Waals surface area contributed by atoms with Crippen molar-refractivity contribution in [1.29, 1.82) is 0 Å². The second-order valence-electron chi connectivity index (χ2n) is 9.58. The van der Waals surface area contributed by atoms with E-state index in [4.69, 9.17) is 0 Å². The summed E-state index contributed by atoms with van der Waals surface area (Å²) in [5.74, 6) is 0. The van der Waals surface area contributed by atoms with Crippen molar-refractivity contribution in [1.82, 2.24) is 0 Å². The van der Waals surface area contributed by atoms with E-state index in [2.05, 4.69) is 156 Å². The molecule has 4 nitrogen and oxygen atoms in total. The molecule has 193 valence electrons. The first-order valence-electron chi connectivity index (χ1n) is 12.1. The van der Waals surface area contributed by atoms with Crippen LogP contribution in [-0.4, -0.2) is 14.1 Å². The van der Waals surface area contributed by atoms with Gasteiger partial charge in [0.15, 0.2) is 0 Å². The molecule has 4 aromatic carbocycles. The third-order valence-corrected chi connectivity index (χ3v) is 6.95. The van der Waals surface area contributed by atoms with Gasteiger partial charge >= 0.3 is 28.2 Å². The van der Waals surface area contributed by atoms with Crippen LogP contribution in [0.15, 0.2) is 72.8 Å². The number of aryl methyl sites for hydroxylation is 3. The zero-order valence-corrected chi connectivity index (χ0v) is 24.6.